The van der Waals surface area contributed by atoms with E-state index in [9.17, 15) is 4.79 Å². The van der Waals surface area contributed by atoms with Gasteiger partial charge in [0.05, 0.1) is 6.54 Å². The highest BCUT2D eigenvalue weighted by Crippen LogP contribution is 2.31. The van der Waals surface area contributed by atoms with Gasteiger partial charge in [0, 0.05) is 31.2 Å². The van der Waals surface area contributed by atoms with E-state index in [0.29, 0.717) is 18.5 Å². The van der Waals surface area contributed by atoms with Crippen LogP contribution in [0.1, 0.15) is 51.9 Å². The van der Waals surface area contributed by atoms with Gasteiger partial charge in [-0.2, -0.15) is 0 Å². The largest absolute Gasteiger partial charge is 0.340 e. The second-order valence-corrected chi connectivity index (χ2v) is 8.65. The molecular weight excluding hydrogens is 312 g/mol. The van der Waals surface area contributed by atoms with Crippen LogP contribution in [0.2, 0.25) is 0 Å². The molecule has 0 radical (unpaired) electrons. The van der Waals surface area contributed by atoms with Crippen molar-refractivity contribution in [1.29, 1.82) is 0 Å². The molecule has 1 amide bonds. The SMILES string of the molecule is CCC1CCCCN1CC(=O)N1CCCN(C)C2(CCN(C)CC2)C1. The topological polar surface area (TPSA) is 30.0 Å². The van der Waals surface area contributed by atoms with Gasteiger partial charge in [0.1, 0.15) is 0 Å². The Morgan fingerprint density at radius 1 is 1.00 bits per heavy atom. The van der Waals surface area contributed by atoms with Crippen molar-refractivity contribution in [2.75, 3.05) is 59.9 Å². The van der Waals surface area contributed by atoms with Crippen molar-refractivity contribution >= 4 is 5.91 Å². The van der Waals surface area contributed by atoms with Gasteiger partial charge in [-0.15, -0.1) is 0 Å². The average molecular weight is 351 g/mol. The van der Waals surface area contributed by atoms with Crippen molar-refractivity contribution in [2.45, 2.75) is 63.5 Å². The predicted molar refractivity (Wildman–Crippen MR) is 103 cm³/mol. The molecule has 3 fully saturated rings. The highest BCUT2D eigenvalue weighted by atomic mass is 16.2. The van der Waals surface area contributed by atoms with Crippen molar-refractivity contribution in [3.05, 3.63) is 0 Å². The number of rotatable bonds is 3. The van der Waals surface area contributed by atoms with E-state index in [2.05, 4.69) is 40.6 Å². The minimum Gasteiger partial charge on any atom is -0.340 e. The molecule has 0 saturated carbocycles. The molecule has 0 aromatic rings. The molecule has 25 heavy (non-hydrogen) atoms. The summed E-state index contributed by atoms with van der Waals surface area (Å²) in [7, 11) is 4.49. The van der Waals surface area contributed by atoms with Gasteiger partial charge < -0.3 is 9.80 Å². The van der Waals surface area contributed by atoms with E-state index in [1.54, 1.807) is 0 Å². The number of nitrogens with zero attached hydrogens (tertiary/aromatic N) is 4. The highest BCUT2D eigenvalue weighted by Gasteiger charge is 2.41. The minimum absolute atomic E-state index is 0.199. The summed E-state index contributed by atoms with van der Waals surface area (Å²) in [5, 5.41) is 0. The number of hydrogen-bond donors (Lipinski definition) is 0. The molecule has 3 aliphatic heterocycles. The van der Waals surface area contributed by atoms with Crippen molar-refractivity contribution in [2.24, 2.45) is 0 Å². The molecule has 1 atom stereocenters. The van der Waals surface area contributed by atoms with Crippen LogP contribution in [0.25, 0.3) is 0 Å². The molecular formula is C20H38N4O. The van der Waals surface area contributed by atoms with Gasteiger partial charge in [0.15, 0.2) is 0 Å². The lowest BCUT2D eigenvalue weighted by molar-refractivity contribution is -0.135. The van der Waals surface area contributed by atoms with Gasteiger partial charge >= 0.3 is 0 Å². The number of carbonyl (C=O) groups excluding carboxylic acids is 1. The third kappa shape index (κ3) is 4.37. The maximum absolute atomic E-state index is 13.1. The molecule has 0 N–H and O–H groups in total. The molecule has 0 aliphatic carbocycles. The third-order valence-corrected chi connectivity index (χ3v) is 7.05. The summed E-state index contributed by atoms with van der Waals surface area (Å²) < 4.78 is 0. The van der Waals surface area contributed by atoms with E-state index in [-0.39, 0.29) is 5.54 Å². The average Bonchev–Trinajstić information content (AvgIpc) is 2.78. The fourth-order valence-corrected chi connectivity index (χ4v) is 5.08. The van der Waals surface area contributed by atoms with Gasteiger partial charge in [-0.3, -0.25) is 14.6 Å². The van der Waals surface area contributed by atoms with E-state index in [1.807, 2.05) is 0 Å². The zero-order valence-corrected chi connectivity index (χ0v) is 16.7. The Kier molecular flexibility index (Phi) is 6.39. The third-order valence-electron chi connectivity index (χ3n) is 7.05. The standard InChI is InChI=1S/C20H38N4O/c1-4-18-8-5-6-12-23(18)16-19(25)24-13-7-11-22(3)20(17-24)9-14-21(2)15-10-20/h18H,4-17H2,1-3H3. The van der Waals surface area contributed by atoms with Crippen LogP contribution in [-0.4, -0.2) is 97.0 Å². The number of carbonyl (C=O) groups is 1. The summed E-state index contributed by atoms with van der Waals surface area (Å²) >= 11 is 0. The lowest BCUT2D eigenvalue weighted by Crippen LogP contribution is -2.59. The van der Waals surface area contributed by atoms with Crippen molar-refractivity contribution < 1.29 is 4.79 Å². The van der Waals surface area contributed by atoms with Crippen LogP contribution in [0.15, 0.2) is 0 Å². The van der Waals surface area contributed by atoms with E-state index in [0.717, 1.165) is 45.7 Å². The number of hydrogen-bond acceptors (Lipinski definition) is 4. The lowest BCUT2D eigenvalue weighted by Gasteiger charge is -2.47. The summed E-state index contributed by atoms with van der Waals surface area (Å²) in [6.07, 6.45) is 8.50. The van der Waals surface area contributed by atoms with E-state index in [4.69, 9.17) is 0 Å². The zero-order chi connectivity index (χ0) is 17.9. The molecule has 3 aliphatic rings. The number of likely N-dealkylation sites (N-methyl/N-ethyl adjacent to an activating group) is 1. The minimum atomic E-state index is 0.199. The molecule has 1 unspecified atom stereocenters. The summed E-state index contributed by atoms with van der Waals surface area (Å²) in [6, 6.07) is 0.615. The molecule has 5 heteroatoms. The molecule has 3 saturated heterocycles. The van der Waals surface area contributed by atoms with Crippen LogP contribution in [0.5, 0.6) is 0 Å². The second kappa shape index (κ2) is 8.36. The smallest absolute Gasteiger partial charge is 0.236 e. The molecule has 144 valence electrons. The number of amides is 1. The Morgan fingerprint density at radius 3 is 2.48 bits per heavy atom. The zero-order valence-electron chi connectivity index (χ0n) is 16.7. The Labute approximate surface area is 154 Å². The molecule has 0 aromatic carbocycles. The Morgan fingerprint density at radius 2 is 1.76 bits per heavy atom. The molecule has 3 rings (SSSR count). The first-order valence-electron chi connectivity index (χ1n) is 10.5. The van der Waals surface area contributed by atoms with Crippen molar-refractivity contribution in [3.63, 3.8) is 0 Å². The maximum atomic E-state index is 13.1. The van der Waals surface area contributed by atoms with Crippen molar-refractivity contribution in [3.8, 4) is 0 Å². The van der Waals surface area contributed by atoms with Crippen LogP contribution in [0, 0.1) is 0 Å². The normalized spacial score (nSPS) is 29.7. The Bertz CT molecular complexity index is 447. The maximum Gasteiger partial charge on any atom is 0.236 e. The van der Waals surface area contributed by atoms with Crippen LogP contribution < -0.4 is 0 Å². The summed E-state index contributed by atoms with van der Waals surface area (Å²) in [5.41, 5.74) is 0.199. The lowest BCUT2D eigenvalue weighted by atomic mass is 9.85. The van der Waals surface area contributed by atoms with Gasteiger partial charge in [-0.05, 0) is 72.3 Å². The van der Waals surface area contributed by atoms with Crippen LogP contribution >= 0.6 is 0 Å². The monoisotopic (exact) mass is 350 g/mol. The Hall–Kier alpha value is -0.650. The first kappa shape index (κ1) is 19.1. The summed E-state index contributed by atoms with van der Waals surface area (Å²) in [5.74, 6) is 0.369. The van der Waals surface area contributed by atoms with E-state index < -0.39 is 0 Å². The molecule has 0 bridgehead atoms. The quantitative estimate of drug-likeness (QED) is 0.777. The highest BCUT2D eigenvalue weighted by molar-refractivity contribution is 5.78. The van der Waals surface area contributed by atoms with Gasteiger partial charge in [-0.1, -0.05) is 13.3 Å². The van der Waals surface area contributed by atoms with E-state index >= 15 is 0 Å². The second-order valence-electron chi connectivity index (χ2n) is 8.65. The fraction of sp³-hybridized carbons (Fsp3) is 0.950. The number of piperidine rings is 2. The first-order valence-corrected chi connectivity index (χ1v) is 10.5. The van der Waals surface area contributed by atoms with Crippen molar-refractivity contribution in [1.82, 2.24) is 19.6 Å². The summed E-state index contributed by atoms with van der Waals surface area (Å²) in [4.78, 5) is 22.8. The molecule has 1 spiro atoms. The van der Waals surface area contributed by atoms with Gasteiger partial charge in [0.25, 0.3) is 0 Å². The molecule has 0 aromatic heterocycles. The van der Waals surface area contributed by atoms with Crippen LogP contribution in [0.3, 0.4) is 0 Å². The predicted octanol–water partition coefficient (Wildman–Crippen LogP) is 1.88. The summed E-state index contributed by atoms with van der Waals surface area (Å²) in [6.45, 7) is 9.29. The van der Waals surface area contributed by atoms with Crippen LogP contribution in [0.4, 0.5) is 0 Å². The molecule has 5 nitrogen and oxygen atoms in total. The van der Waals surface area contributed by atoms with Crippen LogP contribution in [-0.2, 0) is 4.79 Å². The molecule has 3 heterocycles. The van der Waals surface area contributed by atoms with E-state index in [1.165, 1.54) is 38.5 Å². The number of likely N-dealkylation sites (tertiary alicyclic amines) is 2. The first-order chi connectivity index (χ1) is 12.0. The fourth-order valence-electron chi connectivity index (χ4n) is 5.08. The van der Waals surface area contributed by atoms with Gasteiger partial charge in [0.2, 0.25) is 5.91 Å². The van der Waals surface area contributed by atoms with Gasteiger partial charge in [-0.25, -0.2) is 0 Å². The Balaban J connectivity index is 1.65.